The van der Waals surface area contributed by atoms with E-state index in [1.54, 1.807) is 26.0 Å². The molecule has 40 heavy (non-hydrogen) atoms. The summed E-state index contributed by atoms with van der Waals surface area (Å²) in [5, 5.41) is 33.5. The van der Waals surface area contributed by atoms with Crippen LogP contribution in [-0.4, -0.2) is 27.1 Å². The van der Waals surface area contributed by atoms with Crippen LogP contribution in [-0.2, 0) is 0 Å². The highest BCUT2D eigenvalue weighted by molar-refractivity contribution is 5.61. The second-order valence-electron chi connectivity index (χ2n) is 9.56. The molecule has 0 aromatic heterocycles. The first-order chi connectivity index (χ1) is 17.5. The summed E-state index contributed by atoms with van der Waals surface area (Å²) in [4.78, 5) is 20.2. The van der Waals surface area contributed by atoms with Gasteiger partial charge in [0, 0.05) is 28.9 Å². The van der Waals surface area contributed by atoms with Gasteiger partial charge in [-0.15, -0.1) is 0 Å². The first kappa shape index (κ1) is 38.2. The summed E-state index contributed by atoms with van der Waals surface area (Å²) in [6.45, 7) is 14.0. The molecule has 10 heteroatoms. The number of rotatable bonds is 5. The highest BCUT2D eigenvalue weighted by Crippen LogP contribution is 2.29. The van der Waals surface area contributed by atoms with Crippen LogP contribution in [0.5, 0.6) is 0 Å². The summed E-state index contributed by atoms with van der Waals surface area (Å²) in [5.41, 5.74) is 4.41. The van der Waals surface area contributed by atoms with Gasteiger partial charge in [-0.25, -0.2) is 8.78 Å². The van der Waals surface area contributed by atoms with Gasteiger partial charge in [-0.3, -0.25) is 20.2 Å². The van der Waals surface area contributed by atoms with Crippen LogP contribution >= 0.6 is 0 Å². The van der Waals surface area contributed by atoms with E-state index < -0.39 is 16.3 Å². The van der Waals surface area contributed by atoms with Crippen molar-refractivity contribution in [1.29, 1.82) is 0 Å². The lowest BCUT2D eigenvalue weighted by Gasteiger charge is -2.26. The monoisotopic (exact) mass is 563 g/mol. The van der Waals surface area contributed by atoms with Crippen LogP contribution in [0, 0.1) is 73.4 Å². The van der Waals surface area contributed by atoms with Crippen molar-refractivity contribution in [2.45, 2.75) is 75.8 Å². The third kappa shape index (κ3) is 10.3. The molecule has 0 fully saturated rings. The quantitative estimate of drug-likeness (QED) is 0.237. The number of aryl methyl sites for hydroxylation is 1. The molecular formula is C30H43F2N3O5. The Balaban J connectivity index is 0. The fourth-order valence-corrected chi connectivity index (χ4v) is 3.23. The average molecular weight is 564 g/mol. The summed E-state index contributed by atoms with van der Waals surface area (Å²) >= 11 is 0. The number of hydrogen-bond donors (Lipinski definition) is 2. The summed E-state index contributed by atoms with van der Waals surface area (Å²) in [5.74, 6) is -0.520. The zero-order valence-corrected chi connectivity index (χ0v) is 23.0. The van der Waals surface area contributed by atoms with Crippen molar-refractivity contribution in [3.8, 4) is 0 Å². The van der Waals surface area contributed by atoms with Crippen LogP contribution in [0.2, 0.25) is 0 Å². The minimum atomic E-state index is -0.512. The molecule has 3 rings (SSSR count). The SMILES string of the molecule is C.C.Cc1c(F)ccc([N+](=O)[O-])c1C.Cc1c(NC(C)(C)CO)ccc([N+](=O)[O-])c1C.Cc1cccc(F)c1C. The molecule has 3 aromatic rings. The summed E-state index contributed by atoms with van der Waals surface area (Å²) in [7, 11) is 0. The van der Waals surface area contributed by atoms with Gasteiger partial charge in [-0.2, -0.15) is 0 Å². The molecule has 0 aliphatic heterocycles. The van der Waals surface area contributed by atoms with Gasteiger partial charge in [0.15, 0.2) is 0 Å². The number of halogens is 2. The van der Waals surface area contributed by atoms with Crippen LogP contribution < -0.4 is 5.32 Å². The lowest BCUT2D eigenvalue weighted by Crippen LogP contribution is -2.35. The number of nitro benzene ring substituents is 2. The van der Waals surface area contributed by atoms with Crippen LogP contribution in [0.25, 0.3) is 0 Å². The van der Waals surface area contributed by atoms with E-state index in [1.165, 1.54) is 32.0 Å². The van der Waals surface area contributed by atoms with E-state index in [9.17, 15) is 34.1 Å². The lowest BCUT2D eigenvalue weighted by molar-refractivity contribution is -0.385. The minimum Gasteiger partial charge on any atom is -0.394 e. The Bertz CT molecular complexity index is 1290. The summed E-state index contributed by atoms with van der Waals surface area (Å²) < 4.78 is 25.4. The second kappa shape index (κ2) is 16.2. The van der Waals surface area contributed by atoms with Crippen LogP contribution in [0.4, 0.5) is 25.8 Å². The minimum absolute atomic E-state index is 0. The highest BCUT2D eigenvalue weighted by atomic mass is 19.1. The molecule has 0 amide bonds. The molecule has 8 nitrogen and oxygen atoms in total. The van der Waals surface area contributed by atoms with E-state index in [-0.39, 0.29) is 43.6 Å². The topological polar surface area (TPSA) is 119 Å². The Labute approximate surface area is 236 Å². The number of nitro groups is 2. The number of aliphatic hydroxyl groups is 1. The summed E-state index contributed by atoms with van der Waals surface area (Å²) in [6.07, 6.45) is 0. The van der Waals surface area contributed by atoms with E-state index in [0.29, 0.717) is 16.7 Å². The van der Waals surface area contributed by atoms with Gasteiger partial charge >= 0.3 is 0 Å². The highest BCUT2D eigenvalue weighted by Gasteiger charge is 2.20. The standard InChI is InChI=1S/C12H18N2O3.C8H8FNO2.C8H9F.2CH4/c1-8-9(2)11(14(16)17)6-5-10(8)13-12(3,4)7-15;1-5-6(2)8(10(11)12)4-3-7(5)9;1-6-4-3-5-8(9)7(6)2;;/h5-6,13,15H,7H2,1-4H3;3-4H,1-2H3;3-5H,1-2H3;2*1H4. The lowest BCUT2D eigenvalue weighted by atomic mass is 10.0. The zero-order chi connectivity index (χ0) is 29.4. The van der Waals surface area contributed by atoms with Gasteiger partial charge in [-0.05, 0) is 95.8 Å². The molecule has 3 aromatic carbocycles. The van der Waals surface area contributed by atoms with E-state index in [2.05, 4.69) is 5.32 Å². The average Bonchev–Trinajstić information content (AvgIpc) is 2.84. The molecule has 0 saturated carbocycles. The van der Waals surface area contributed by atoms with Crippen molar-refractivity contribution in [3.63, 3.8) is 0 Å². The normalized spacial score (nSPS) is 9.97. The van der Waals surface area contributed by atoms with Gasteiger partial charge < -0.3 is 10.4 Å². The Hall–Kier alpha value is -3.92. The van der Waals surface area contributed by atoms with Crippen LogP contribution in [0.3, 0.4) is 0 Å². The fraction of sp³-hybridized carbons (Fsp3) is 0.400. The maximum absolute atomic E-state index is 12.8. The van der Waals surface area contributed by atoms with Gasteiger partial charge in [0.25, 0.3) is 11.4 Å². The number of nitrogens with zero attached hydrogens (tertiary/aromatic N) is 2. The number of anilines is 1. The smallest absolute Gasteiger partial charge is 0.272 e. The molecule has 0 heterocycles. The third-order valence-corrected chi connectivity index (χ3v) is 6.25. The van der Waals surface area contributed by atoms with Crippen molar-refractivity contribution >= 4 is 17.1 Å². The van der Waals surface area contributed by atoms with Crippen LogP contribution in [0.15, 0.2) is 42.5 Å². The van der Waals surface area contributed by atoms with Gasteiger partial charge in [0.1, 0.15) is 11.6 Å². The Morgan fingerprint density at radius 1 is 0.725 bits per heavy atom. The molecule has 0 saturated heterocycles. The first-order valence-electron chi connectivity index (χ1n) is 11.8. The van der Waals surface area contributed by atoms with E-state index in [0.717, 1.165) is 28.4 Å². The van der Waals surface area contributed by atoms with Crippen molar-refractivity contribution in [2.24, 2.45) is 0 Å². The maximum Gasteiger partial charge on any atom is 0.272 e. The first-order valence-corrected chi connectivity index (χ1v) is 11.8. The zero-order valence-electron chi connectivity index (χ0n) is 23.0. The third-order valence-electron chi connectivity index (χ3n) is 6.25. The van der Waals surface area contributed by atoms with Crippen molar-refractivity contribution in [3.05, 3.63) is 108 Å². The number of benzene rings is 3. The number of aliphatic hydroxyl groups excluding tert-OH is 1. The Kier molecular flexibility index (Phi) is 15.5. The molecule has 0 aliphatic rings. The fourth-order valence-electron chi connectivity index (χ4n) is 3.23. The molecule has 0 unspecified atom stereocenters. The van der Waals surface area contributed by atoms with Gasteiger partial charge in [0.2, 0.25) is 0 Å². The molecule has 2 N–H and O–H groups in total. The van der Waals surface area contributed by atoms with Crippen LogP contribution in [0.1, 0.15) is 62.1 Å². The largest absolute Gasteiger partial charge is 0.394 e. The molecular weight excluding hydrogens is 520 g/mol. The predicted octanol–water partition coefficient (Wildman–Crippen LogP) is 8.46. The number of nitrogens with one attached hydrogen (secondary N) is 1. The maximum atomic E-state index is 12.8. The van der Waals surface area contributed by atoms with E-state index >= 15 is 0 Å². The molecule has 0 radical (unpaired) electrons. The van der Waals surface area contributed by atoms with E-state index in [4.69, 9.17) is 0 Å². The Morgan fingerprint density at radius 3 is 1.60 bits per heavy atom. The predicted molar refractivity (Wildman–Crippen MR) is 159 cm³/mol. The molecule has 0 aliphatic carbocycles. The van der Waals surface area contributed by atoms with Gasteiger partial charge in [0.05, 0.1) is 22.0 Å². The van der Waals surface area contributed by atoms with Crippen molar-refractivity contribution in [1.82, 2.24) is 0 Å². The van der Waals surface area contributed by atoms with Crippen molar-refractivity contribution in [2.75, 3.05) is 11.9 Å². The molecule has 0 bridgehead atoms. The van der Waals surface area contributed by atoms with E-state index in [1.807, 2.05) is 33.8 Å². The molecule has 0 atom stereocenters. The molecule has 0 spiro atoms. The van der Waals surface area contributed by atoms with Gasteiger partial charge in [-0.1, -0.05) is 27.0 Å². The van der Waals surface area contributed by atoms with Crippen molar-refractivity contribution < 1.29 is 23.7 Å². The summed E-state index contributed by atoms with van der Waals surface area (Å²) in [6, 6.07) is 10.5. The number of hydrogen-bond acceptors (Lipinski definition) is 6. The molecule has 222 valence electrons. The Morgan fingerprint density at radius 2 is 1.18 bits per heavy atom. The second-order valence-corrected chi connectivity index (χ2v) is 9.56.